The molecule has 0 spiro atoms. The molecule has 0 atom stereocenters. The molecular formula is C21H25FN4O4. The number of anilines is 2. The molecule has 30 heavy (non-hydrogen) atoms. The van der Waals surface area contributed by atoms with Crippen molar-refractivity contribution in [3.05, 3.63) is 42.0 Å². The third-order valence-electron chi connectivity index (χ3n) is 4.60. The summed E-state index contributed by atoms with van der Waals surface area (Å²) in [7, 11) is 1.53. The monoisotopic (exact) mass is 416 g/mol. The summed E-state index contributed by atoms with van der Waals surface area (Å²) >= 11 is 0. The van der Waals surface area contributed by atoms with Crippen molar-refractivity contribution in [1.29, 1.82) is 0 Å². The van der Waals surface area contributed by atoms with E-state index in [1.807, 2.05) is 0 Å². The molecular weight excluding hydrogens is 391 g/mol. The molecule has 0 amide bonds. The number of halogens is 1. The molecule has 0 aliphatic heterocycles. The summed E-state index contributed by atoms with van der Waals surface area (Å²) in [6.07, 6.45) is 2.05. The van der Waals surface area contributed by atoms with Crippen molar-refractivity contribution < 1.29 is 24.1 Å². The number of aliphatic hydroxyl groups is 1. The number of benzene rings is 2. The third-order valence-corrected chi connectivity index (χ3v) is 4.60. The van der Waals surface area contributed by atoms with Gasteiger partial charge in [0.05, 0.1) is 18.3 Å². The van der Waals surface area contributed by atoms with Gasteiger partial charge in [-0.15, -0.1) is 0 Å². The lowest BCUT2D eigenvalue weighted by Gasteiger charge is -2.15. The topological polar surface area (TPSA) is 109 Å². The first-order valence-corrected chi connectivity index (χ1v) is 9.57. The zero-order chi connectivity index (χ0) is 21.5. The molecule has 0 unspecified atom stereocenters. The normalized spacial score (nSPS) is 10.9. The zero-order valence-corrected chi connectivity index (χ0v) is 16.9. The molecule has 2 aromatic carbocycles. The molecule has 0 aliphatic carbocycles. The number of nitrogens with zero attached hydrogens (tertiary/aromatic N) is 2. The molecule has 8 nitrogen and oxygen atoms in total. The van der Waals surface area contributed by atoms with E-state index in [1.54, 1.807) is 19.1 Å². The maximum absolute atomic E-state index is 14.3. The first-order valence-electron chi connectivity index (χ1n) is 9.57. The fourth-order valence-corrected chi connectivity index (χ4v) is 2.94. The van der Waals surface area contributed by atoms with Gasteiger partial charge in [0, 0.05) is 30.2 Å². The maximum atomic E-state index is 14.3. The van der Waals surface area contributed by atoms with Gasteiger partial charge in [0.25, 0.3) is 0 Å². The SMILES string of the molecule is COc1cc2c(Nc3c(F)ccc(O)c3C)ncnc2cc1OCCNCCCO. The van der Waals surface area contributed by atoms with Crippen LogP contribution in [0.25, 0.3) is 10.9 Å². The van der Waals surface area contributed by atoms with Crippen LogP contribution >= 0.6 is 0 Å². The Morgan fingerprint density at radius 2 is 1.97 bits per heavy atom. The van der Waals surface area contributed by atoms with Crippen LogP contribution in [0, 0.1) is 12.7 Å². The highest BCUT2D eigenvalue weighted by Crippen LogP contribution is 2.36. The predicted octanol–water partition coefficient (Wildman–Crippen LogP) is 2.89. The average molecular weight is 416 g/mol. The van der Waals surface area contributed by atoms with Gasteiger partial charge in [-0.1, -0.05) is 0 Å². The van der Waals surface area contributed by atoms with E-state index in [0.29, 0.717) is 59.9 Å². The van der Waals surface area contributed by atoms with Crippen molar-refractivity contribution in [3.63, 3.8) is 0 Å². The minimum atomic E-state index is -0.502. The van der Waals surface area contributed by atoms with Crippen molar-refractivity contribution in [3.8, 4) is 17.2 Å². The summed E-state index contributed by atoms with van der Waals surface area (Å²) in [5.41, 5.74) is 1.11. The highest BCUT2D eigenvalue weighted by Gasteiger charge is 2.15. The second-order valence-electron chi connectivity index (χ2n) is 6.61. The van der Waals surface area contributed by atoms with Crippen molar-refractivity contribution in [2.24, 2.45) is 0 Å². The number of phenols is 1. The number of phenolic OH excluding ortho intramolecular Hbond substituents is 1. The van der Waals surface area contributed by atoms with Gasteiger partial charge in [-0.25, -0.2) is 14.4 Å². The van der Waals surface area contributed by atoms with Crippen molar-refractivity contribution in [2.45, 2.75) is 13.3 Å². The van der Waals surface area contributed by atoms with Crippen molar-refractivity contribution in [1.82, 2.24) is 15.3 Å². The summed E-state index contributed by atoms with van der Waals surface area (Å²) in [6.45, 7) is 3.51. The number of aliphatic hydroxyl groups excluding tert-OH is 1. The number of rotatable bonds is 10. The van der Waals surface area contributed by atoms with E-state index in [4.69, 9.17) is 14.6 Å². The molecule has 160 valence electrons. The average Bonchev–Trinajstić information content (AvgIpc) is 2.75. The molecule has 4 N–H and O–H groups in total. The fourth-order valence-electron chi connectivity index (χ4n) is 2.94. The van der Waals surface area contributed by atoms with E-state index in [9.17, 15) is 9.50 Å². The number of aromatic nitrogens is 2. The molecule has 9 heteroatoms. The van der Waals surface area contributed by atoms with Gasteiger partial charge >= 0.3 is 0 Å². The van der Waals surface area contributed by atoms with Crippen LogP contribution in [0.1, 0.15) is 12.0 Å². The zero-order valence-electron chi connectivity index (χ0n) is 16.9. The minimum absolute atomic E-state index is 0.0156. The van der Waals surface area contributed by atoms with Crippen molar-refractivity contribution in [2.75, 3.05) is 38.7 Å². The van der Waals surface area contributed by atoms with Crippen LogP contribution in [0.3, 0.4) is 0 Å². The molecule has 0 fully saturated rings. The first-order chi connectivity index (χ1) is 14.5. The smallest absolute Gasteiger partial charge is 0.163 e. The molecule has 0 radical (unpaired) electrons. The molecule has 1 heterocycles. The van der Waals surface area contributed by atoms with E-state index in [0.717, 1.165) is 0 Å². The Labute approximate surface area is 173 Å². The summed E-state index contributed by atoms with van der Waals surface area (Å²) in [5.74, 6) is 0.876. The summed E-state index contributed by atoms with van der Waals surface area (Å²) in [4.78, 5) is 8.50. The second-order valence-corrected chi connectivity index (χ2v) is 6.61. The lowest BCUT2D eigenvalue weighted by atomic mass is 10.1. The molecule has 0 saturated heterocycles. The highest BCUT2D eigenvalue weighted by atomic mass is 19.1. The Kier molecular flexibility index (Phi) is 7.21. The Morgan fingerprint density at radius 3 is 2.73 bits per heavy atom. The minimum Gasteiger partial charge on any atom is -0.508 e. The van der Waals surface area contributed by atoms with Gasteiger partial charge in [0.1, 0.15) is 30.3 Å². The van der Waals surface area contributed by atoms with E-state index in [-0.39, 0.29) is 18.0 Å². The predicted molar refractivity (Wildman–Crippen MR) is 112 cm³/mol. The molecule has 3 aromatic rings. The van der Waals surface area contributed by atoms with Crippen LogP contribution in [0.4, 0.5) is 15.9 Å². The number of hydrogen-bond acceptors (Lipinski definition) is 8. The number of ether oxygens (including phenoxy) is 2. The van der Waals surface area contributed by atoms with Gasteiger partial charge in [-0.3, -0.25) is 0 Å². The molecule has 3 rings (SSSR count). The molecule has 0 bridgehead atoms. The first kappa shape index (κ1) is 21.5. The standard InChI is InChI=1S/C21H25FN4O4/c1-13-17(28)5-4-15(22)20(13)26-21-14-10-18(29-2)19(11-16(14)24-12-25-21)30-9-7-23-6-3-8-27/h4-5,10-12,23,27-28H,3,6-9H2,1-2H3,(H,24,25,26). The Morgan fingerprint density at radius 1 is 1.13 bits per heavy atom. The maximum Gasteiger partial charge on any atom is 0.163 e. The Balaban J connectivity index is 1.85. The number of hydrogen-bond donors (Lipinski definition) is 4. The van der Waals surface area contributed by atoms with Crippen LogP contribution in [0.2, 0.25) is 0 Å². The van der Waals surface area contributed by atoms with E-state index in [2.05, 4.69) is 20.6 Å². The van der Waals surface area contributed by atoms with Gasteiger partial charge in [0.2, 0.25) is 0 Å². The third kappa shape index (κ3) is 4.87. The summed E-state index contributed by atoms with van der Waals surface area (Å²) < 4.78 is 25.5. The quantitative estimate of drug-likeness (QED) is 0.374. The van der Waals surface area contributed by atoms with Gasteiger partial charge in [0.15, 0.2) is 11.5 Å². The highest BCUT2D eigenvalue weighted by molar-refractivity contribution is 5.93. The second kappa shape index (κ2) is 10.0. The van der Waals surface area contributed by atoms with Gasteiger partial charge in [-0.2, -0.15) is 0 Å². The number of nitrogens with one attached hydrogen (secondary N) is 2. The number of methoxy groups -OCH3 is 1. The molecule has 0 saturated carbocycles. The number of fused-ring (bicyclic) bond motifs is 1. The van der Waals surface area contributed by atoms with E-state index in [1.165, 1.54) is 25.6 Å². The molecule has 0 aliphatic rings. The van der Waals surface area contributed by atoms with Crippen LogP contribution in [-0.2, 0) is 0 Å². The fraction of sp³-hybridized carbons (Fsp3) is 0.333. The summed E-state index contributed by atoms with van der Waals surface area (Å²) in [5, 5.41) is 25.4. The van der Waals surface area contributed by atoms with Gasteiger partial charge < -0.3 is 30.3 Å². The Hall–Kier alpha value is -3.17. The van der Waals surface area contributed by atoms with Gasteiger partial charge in [-0.05, 0) is 38.1 Å². The Bertz CT molecular complexity index is 1020. The van der Waals surface area contributed by atoms with E-state index >= 15 is 0 Å². The van der Waals surface area contributed by atoms with Crippen LogP contribution < -0.4 is 20.1 Å². The lowest BCUT2D eigenvalue weighted by Crippen LogP contribution is -2.22. The van der Waals surface area contributed by atoms with Crippen LogP contribution in [-0.4, -0.2) is 53.6 Å². The number of aromatic hydroxyl groups is 1. The van der Waals surface area contributed by atoms with Crippen LogP contribution in [0.5, 0.6) is 17.2 Å². The summed E-state index contributed by atoms with van der Waals surface area (Å²) in [6, 6.07) is 5.96. The van der Waals surface area contributed by atoms with E-state index < -0.39 is 5.82 Å². The largest absolute Gasteiger partial charge is 0.508 e. The molecule has 1 aromatic heterocycles. The van der Waals surface area contributed by atoms with Crippen LogP contribution in [0.15, 0.2) is 30.6 Å². The lowest BCUT2D eigenvalue weighted by molar-refractivity contribution is 0.274. The van der Waals surface area contributed by atoms with Crippen molar-refractivity contribution >= 4 is 22.4 Å².